The molecule has 1 heterocycles. The Balaban J connectivity index is 0.000000396. The summed E-state index contributed by atoms with van der Waals surface area (Å²) in [6, 6.07) is 9.01. The number of carboxylic acids is 1. The molecule has 2 aromatic carbocycles. The van der Waals surface area contributed by atoms with E-state index in [9.17, 15) is 26.3 Å². The van der Waals surface area contributed by atoms with Crippen molar-refractivity contribution in [3.05, 3.63) is 65.0 Å². The molecule has 0 unspecified atom stereocenters. The number of hydrogen-bond donors (Lipinski definition) is 2. The van der Waals surface area contributed by atoms with Gasteiger partial charge in [0.15, 0.2) is 17.4 Å². The number of piperidine rings is 1. The smallest absolute Gasteiger partial charge is 0.483 e. The third kappa shape index (κ3) is 6.65. The van der Waals surface area contributed by atoms with Crippen LogP contribution in [0.15, 0.2) is 36.4 Å². The highest BCUT2D eigenvalue weighted by atomic mass is 19.4. The Kier molecular flexibility index (Phi) is 8.10. The van der Waals surface area contributed by atoms with Gasteiger partial charge in [-0.05, 0) is 43.0 Å². The predicted molar refractivity (Wildman–Crippen MR) is 95.6 cm³/mol. The van der Waals surface area contributed by atoms with Crippen molar-refractivity contribution < 1.29 is 41.0 Å². The number of halogens is 6. The molecule has 0 amide bonds. The largest absolute Gasteiger partial charge is 0.490 e. The molecule has 1 aliphatic rings. The van der Waals surface area contributed by atoms with Gasteiger partial charge in [0.25, 0.3) is 0 Å². The molecule has 2 aromatic rings. The first kappa shape index (κ1) is 23.5. The lowest BCUT2D eigenvalue weighted by Crippen LogP contribution is -2.27. The van der Waals surface area contributed by atoms with E-state index in [2.05, 4.69) is 5.32 Å². The molecule has 4 nitrogen and oxygen atoms in total. The second kappa shape index (κ2) is 10.3. The standard InChI is InChI=1S/C18H18F3NO.C2HF3O2/c19-14-9-16(20)18(17(21)10-14)23-11-13-3-1-2-4-15(13)12-5-7-22-8-6-12;3-2(4,5)1(6)7/h1-4,9-10,12,22H,5-8,11H2;(H,6,7). The molecule has 2 N–H and O–H groups in total. The summed E-state index contributed by atoms with van der Waals surface area (Å²) in [5.41, 5.74) is 2.06. The monoisotopic (exact) mass is 435 g/mol. The van der Waals surface area contributed by atoms with Gasteiger partial charge in [0.2, 0.25) is 0 Å². The zero-order valence-electron chi connectivity index (χ0n) is 15.6. The van der Waals surface area contributed by atoms with Crippen LogP contribution in [-0.4, -0.2) is 30.3 Å². The van der Waals surface area contributed by atoms with Crippen molar-refractivity contribution in [2.75, 3.05) is 13.1 Å². The molecule has 0 aliphatic carbocycles. The van der Waals surface area contributed by atoms with E-state index in [0.717, 1.165) is 37.1 Å². The van der Waals surface area contributed by atoms with Crippen LogP contribution in [0.3, 0.4) is 0 Å². The van der Waals surface area contributed by atoms with Crippen LogP contribution in [-0.2, 0) is 11.4 Å². The summed E-state index contributed by atoms with van der Waals surface area (Å²) in [6.07, 6.45) is -3.04. The summed E-state index contributed by atoms with van der Waals surface area (Å²) in [5, 5.41) is 10.4. The number of rotatable bonds is 4. The number of carboxylic acid groups (broad SMARTS) is 1. The third-order valence-electron chi connectivity index (χ3n) is 4.41. The molecule has 10 heteroatoms. The molecule has 1 fully saturated rings. The fourth-order valence-electron chi connectivity index (χ4n) is 3.01. The van der Waals surface area contributed by atoms with Crippen LogP contribution in [0.4, 0.5) is 26.3 Å². The van der Waals surface area contributed by atoms with Gasteiger partial charge in [-0.25, -0.2) is 18.0 Å². The van der Waals surface area contributed by atoms with Crippen LogP contribution in [0.2, 0.25) is 0 Å². The van der Waals surface area contributed by atoms with E-state index in [-0.39, 0.29) is 6.61 Å². The number of hydrogen-bond acceptors (Lipinski definition) is 3. The lowest BCUT2D eigenvalue weighted by Gasteiger charge is -2.25. The van der Waals surface area contributed by atoms with Gasteiger partial charge in [-0.2, -0.15) is 13.2 Å². The van der Waals surface area contributed by atoms with Crippen LogP contribution in [0, 0.1) is 17.5 Å². The number of carbonyl (C=O) groups is 1. The fourth-order valence-corrected chi connectivity index (χ4v) is 3.01. The van der Waals surface area contributed by atoms with Crippen molar-refractivity contribution in [2.45, 2.75) is 31.5 Å². The normalized spacial score (nSPS) is 14.6. The quantitative estimate of drug-likeness (QED) is 0.679. The molecular weight excluding hydrogens is 416 g/mol. The highest BCUT2D eigenvalue weighted by Crippen LogP contribution is 2.30. The number of ether oxygens (including phenoxy) is 1. The highest BCUT2D eigenvalue weighted by Gasteiger charge is 2.38. The third-order valence-corrected chi connectivity index (χ3v) is 4.41. The molecular formula is C20H19F6NO3. The summed E-state index contributed by atoms with van der Waals surface area (Å²) in [5.74, 6) is -5.89. The Bertz CT molecular complexity index is 843. The summed E-state index contributed by atoms with van der Waals surface area (Å²) in [4.78, 5) is 8.90. The predicted octanol–water partition coefficient (Wildman–Crippen LogP) is 4.78. The Labute approximate surface area is 168 Å². The van der Waals surface area contributed by atoms with Crippen LogP contribution < -0.4 is 10.1 Å². The van der Waals surface area contributed by atoms with Gasteiger partial charge in [-0.3, -0.25) is 0 Å². The van der Waals surface area contributed by atoms with E-state index >= 15 is 0 Å². The SMILES string of the molecule is Fc1cc(F)c(OCc2ccccc2C2CCNCC2)c(F)c1.O=C(O)C(F)(F)F. The van der Waals surface area contributed by atoms with Gasteiger partial charge in [-0.1, -0.05) is 24.3 Å². The van der Waals surface area contributed by atoms with Crippen LogP contribution in [0.25, 0.3) is 0 Å². The minimum Gasteiger partial charge on any atom is -0.483 e. The van der Waals surface area contributed by atoms with E-state index in [0.29, 0.717) is 18.1 Å². The van der Waals surface area contributed by atoms with Crippen molar-refractivity contribution in [3.63, 3.8) is 0 Å². The molecule has 0 saturated carbocycles. The molecule has 1 saturated heterocycles. The maximum absolute atomic E-state index is 13.7. The van der Waals surface area contributed by atoms with E-state index in [1.165, 1.54) is 0 Å². The fraction of sp³-hybridized carbons (Fsp3) is 0.350. The Hall–Kier alpha value is -2.75. The summed E-state index contributed by atoms with van der Waals surface area (Å²) in [6.45, 7) is 1.97. The first-order valence-electron chi connectivity index (χ1n) is 8.95. The van der Waals surface area contributed by atoms with Crippen molar-refractivity contribution in [2.24, 2.45) is 0 Å². The van der Waals surface area contributed by atoms with Gasteiger partial charge in [-0.15, -0.1) is 0 Å². The van der Waals surface area contributed by atoms with Crippen molar-refractivity contribution in [1.82, 2.24) is 5.32 Å². The van der Waals surface area contributed by atoms with E-state index in [1.807, 2.05) is 24.3 Å². The first-order valence-corrected chi connectivity index (χ1v) is 8.95. The molecule has 0 aromatic heterocycles. The highest BCUT2D eigenvalue weighted by molar-refractivity contribution is 5.73. The van der Waals surface area contributed by atoms with Gasteiger partial charge in [0, 0.05) is 12.1 Å². The molecule has 0 bridgehead atoms. The van der Waals surface area contributed by atoms with Gasteiger partial charge in [0.05, 0.1) is 0 Å². The average molecular weight is 435 g/mol. The van der Waals surface area contributed by atoms with Crippen molar-refractivity contribution >= 4 is 5.97 Å². The molecule has 0 radical (unpaired) electrons. The Morgan fingerprint density at radius 1 is 1.07 bits per heavy atom. The van der Waals surface area contributed by atoms with Gasteiger partial charge in [0.1, 0.15) is 12.4 Å². The lowest BCUT2D eigenvalue weighted by atomic mass is 9.87. The molecule has 1 aliphatic heterocycles. The van der Waals surface area contributed by atoms with E-state index in [1.54, 1.807) is 0 Å². The molecule has 0 atom stereocenters. The maximum atomic E-state index is 13.7. The lowest BCUT2D eigenvalue weighted by molar-refractivity contribution is -0.192. The topological polar surface area (TPSA) is 58.6 Å². The van der Waals surface area contributed by atoms with Gasteiger partial charge < -0.3 is 15.2 Å². The van der Waals surface area contributed by atoms with E-state index in [4.69, 9.17) is 14.6 Å². The van der Waals surface area contributed by atoms with Crippen LogP contribution >= 0.6 is 0 Å². The molecule has 3 rings (SSSR count). The average Bonchev–Trinajstić information content (AvgIpc) is 2.68. The summed E-state index contributed by atoms with van der Waals surface area (Å²) in [7, 11) is 0. The Morgan fingerprint density at radius 2 is 1.60 bits per heavy atom. The number of aliphatic carboxylic acids is 1. The maximum Gasteiger partial charge on any atom is 0.490 e. The van der Waals surface area contributed by atoms with Crippen LogP contribution in [0.1, 0.15) is 29.9 Å². The zero-order chi connectivity index (χ0) is 22.3. The molecule has 164 valence electrons. The molecule has 0 spiro atoms. The number of benzene rings is 2. The zero-order valence-corrected chi connectivity index (χ0v) is 15.6. The van der Waals surface area contributed by atoms with E-state index < -0.39 is 35.3 Å². The second-order valence-corrected chi connectivity index (χ2v) is 6.51. The minimum atomic E-state index is -5.08. The van der Waals surface area contributed by atoms with Crippen molar-refractivity contribution in [3.8, 4) is 5.75 Å². The molecule has 30 heavy (non-hydrogen) atoms. The number of alkyl halides is 3. The van der Waals surface area contributed by atoms with Crippen LogP contribution in [0.5, 0.6) is 5.75 Å². The number of nitrogens with one attached hydrogen (secondary N) is 1. The summed E-state index contributed by atoms with van der Waals surface area (Å²) < 4.78 is 77.3. The summed E-state index contributed by atoms with van der Waals surface area (Å²) >= 11 is 0. The van der Waals surface area contributed by atoms with Crippen molar-refractivity contribution in [1.29, 1.82) is 0 Å². The first-order chi connectivity index (χ1) is 14.1. The minimum absolute atomic E-state index is 0.0551. The Morgan fingerprint density at radius 3 is 2.13 bits per heavy atom. The second-order valence-electron chi connectivity index (χ2n) is 6.51. The van der Waals surface area contributed by atoms with Gasteiger partial charge >= 0.3 is 12.1 Å².